The van der Waals surface area contributed by atoms with Gasteiger partial charge in [0, 0.05) is 49.5 Å². The third kappa shape index (κ3) is 3.76. The molecule has 2 N–H and O–H groups in total. The van der Waals surface area contributed by atoms with Gasteiger partial charge in [-0.15, -0.1) is 0 Å². The molecule has 5 heteroatoms. The summed E-state index contributed by atoms with van der Waals surface area (Å²) in [5.41, 5.74) is 10.2. The van der Waals surface area contributed by atoms with Crippen LogP contribution in [0.15, 0.2) is 55.0 Å². The second-order valence-corrected chi connectivity index (χ2v) is 7.79. The Morgan fingerprint density at radius 3 is 2.82 bits per heavy atom. The van der Waals surface area contributed by atoms with Crippen molar-refractivity contribution < 1.29 is 4.79 Å². The van der Waals surface area contributed by atoms with E-state index in [2.05, 4.69) is 35.1 Å². The first kappa shape index (κ1) is 18.6. The fourth-order valence-electron chi connectivity index (χ4n) is 4.34. The quantitative estimate of drug-likeness (QED) is 0.761. The molecule has 1 fully saturated rings. The minimum absolute atomic E-state index is 0.172. The first-order valence-corrected chi connectivity index (χ1v) is 9.89. The molecule has 0 bridgehead atoms. The molecule has 2 aromatic heterocycles. The summed E-state index contributed by atoms with van der Waals surface area (Å²) in [5, 5.41) is 1.16. The predicted octanol–water partition coefficient (Wildman–Crippen LogP) is 3.28. The highest BCUT2D eigenvalue weighted by atomic mass is 16.2. The lowest BCUT2D eigenvalue weighted by Gasteiger charge is -2.37. The van der Waals surface area contributed by atoms with Crippen molar-refractivity contribution in [2.24, 2.45) is 11.7 Å². The van der Waals surface area contributed by atoms with Crippen molar-refractivity contribution in [3.63, 3.8) is 0 Å². The van der Waals surface area contributed by atoms with Crippen LogP contribution in [0.4, 0.5) is 0 Å². The lowest BCUT2D eigenvalue weighted by Crippen LogP contribution is -2.43. The molecule has 1 aliphatic heterocycles. The summed E-state index contributed by atoms with van der Waals surface area (Å²) in [6.45, 7) is 4.26. The van der Waals surface area contributed by atoms with Crippen LogP contribution in [-0.2, 0) is 17.8 Å². The fraction of sp³-hybridized carbons (Fsp3) is 0.348. The van der Waals surface area contributed by atoms with Gasteiger partial charge >= 0.3 is 0 Å². The molecule has 0 radical (unpaired) electrons. The third-order valence-corrected chi connectivity index (χ3v) is 5.64. The van der Waals surface area contributed by atoms with E-state index in [1.54, 1.807) is 12.4 Å². The molecule has 1 amide bonds. The summed E-state index contributed by atoms with van der Waals surface area (Å²) < 4.78 is 0. The van der Waals surface area contributed by atoms with Gasteiger partial charge in [-0.3, -0.25) is 14.8 Å². The minimum Gasteiger partial charge on any atom is -0.342 e. The van der Waals surface area contributed by atoms with Crippen molar-refractivity contribution in [2.45, 2.75) is 32.2 Å². The van der Waals surface area contributed by atoms with E-state index in [1.165, 1.54) is 5.56 Å². The minimum atomic E-state index is 0.172. The average Bonchev–Trinajstić information content (AvgIpc) is 2.73. The smallest absolute Gasteiger partial charge is 0.227 e. The molecule has 144 valence electrons. The van der Waals surface area contributed by atoms with Gasteiger partial charge in [-0.25, -0.2) is 0 Å². The van der Waals surface area contributed by atoms with Gasteiger partial charge in [-0.2, -0.15) is 0 Å². The van der Waals surface area contributed by atoms with Crippen LogP contribution in [0.5, 0.6) is 0 Å². The zero-order valence-corrected chi connectivity index (χ0v) is 16.2. The van der Waals surface area contributed by atoms with Gasteiger partial charge < -0.3 is 10.6 Å². The number of pyridine rings is 2. The monoisotopic (exact) mass is 374 g/mol. The second kappa shape index (κ2) is 8.07. The summed E-state index contributed by atoms with van der Waals surface area (Å²) in [6.07, 6.45) is 6.80. The molecule has 2 atom stereocenters. The number of nitrogens with zero attached hydrogens (tertiary/aromatic N) is 3. The van der Waals surface area contributed by atoms with Crippen molar-refractivity contribution in [1.82, 2.24) is 14.9 Å². The van der Waals surface area contributed by atoms with Gasteiger partial charge in [-0.1, -0.05) is 31.2 Å². The Hall–Kier alpha value is -2.79. The number of hydrogen-bond acceptors (Lipinski definition) is 4. The van der Waals surface area contributed by atoms with E-state index in [4.69, 9.17) is 5.73 Å². The third-order valence-electron chi connectivity index (χ3n) is 5.64. The molecule has 0 saturated carbocycles. The number of aromatic nitrogens is 2. The first-order chi connectivity index (χ1) is 13.7. The second-order valence-electron chi connectivity index (χ2n) is 7.79. The maximum atomic E-state index is 12.9. The highest BCUT2D eigenvalue weighted by Crippen LogP contribution is 2.35. The van der Waals surface area contributed by atoms with Crippen molar-refractivity contribution in [3.8, 4) is 0 Å². The molecule has 5 nitrogen and oxygen atoms in total. The van der Waals surface area contributed by atoms with Crippen molar-refractivity contribution in [1.29, 1.82) is 0 Å². The summed E-state index contributed by atoms with van der Waals surface area (Å²) >= 11 is 0. The normalized spacial score (nSPS) is 19.7. The number of piperidine rings is 1. The van der Waals surface area contributed by atoms with E-state index in [0.717, 1.165) is 41.5 Å². The number of rotatable bonds is 4. The topological polar surface area (TPSA) is 72.1 Å². The van der Waals surface area contributed by atoms with Gasteiger partial charge in [-0.05, 0) is 41.2 Å². The van der Waals surface area contributed by atoms with Crippen LogP contribution < -0.4 is 5.73 Å². The van der Waals surface area contributed by atoms with Crippen LogP contribution >= 0.6 is 0 Å². The van der Waals surface area contributed by atoms with Gasteiger partial charge in [0.2, 0.25) is 5.91 Å². The highest BCUT2D eigenvalue weighted by Gasteiger charge is 2.29. The van der Waals surface area contributed by atoms with Crippen molar-refractivity contribution in [3.05, 3.63) is 71.7 Å². The molecule has 1 aliphatic rings. The Labute approximate surface area is 165 Å². The number of hydrogen-bond donors (Lipinski definition) is 1. The van der Waals surface area contributed by atoms with Crippen LogP contribution in [0, 0.1) is 5.92 Å². The Balaban J connectivity index is 1.60. The number of likely N-dealkylation sites (tertiary alicyclic amines) is 1. The van der Waals surface area contributed by atoms with E-state index in [1.807, 2.05) is 29.3 Å². The molecule has 28 heavy (non-hydrogen) atoms. The van der Waals surface area contributed by atoms with E-state index >= 15 is 0 Å². The summed E-state index contributed by atoms with van der Waals surface area (Å²) in [7, 11) is 0. The highest BCUT2D eigenvalue weighted by molar-refractivity contribution is 5.86. The molecular formula is C23H26N4O. The number of fused-ring (bicyclic) bond motifs is 1. The molecule has 3 heterocycles. The Bertz CT molecular complexity index is 973. The number of carbonyl (C=O) groups is 1. The lowest BCUT2D eigenvalue weighted by molar-refractivity contribution is -0.132. The first-order valence-electron chi connectivity index (χ1n) is 9.89. The largest absolute Gasteiger partial charge is 0.342 e. The fourth-order valence-corrected chi connectivity index (χ4v) is 4.34. The van der Waals surface area contributed by atoms with Crippen LogP contribution in [-0.4, -0.2) is 33.9 Å². The Kier molecular flexibility index (Phi) is 5.35. The van der Waals surface area contributed by atoms with E-state index in [9.17, 15) is 4.79 Å². The van der Waals surface area contributed by atoms with E-state index in [-0.39, 0.29) is 5.91 Å². The van der Waals surface area contributed by atoms with Gasteiger partial charge in [0.05, 0.1) is 11.9 Å². The Morgan fingerprint density at radius 1 is 1.18 bits per heavy atom. The van der Waals surface area contributed by atoms with Crippen LogP contribution in [0.25, 0.3) is 10.9 Å². The van der Waals surface area contributed by atoms with E-state index in [0.29, 0.717) is 24.8 Å². The van der Waals surface area contributed by atoms with Gasteiger partial charge in [0.1, 0.15) is 0 Å². The number of carbonyl (C=O) groups excluding carboxylic acids is 1. The van der Waals surface area contributed by atoms with Crippen molar-refractivity contribution >= 4 is 16.8 Å². The van der Waals surface area contributed by atoms with E-state index < -0.39 is 0 Å². The molecule has 3 aromatic rings. The molecule has 0 spiro atoms. The van der Waals surface area contributed by atoms with Crippen LogP contribution in [0.2, 0.25) is 0 Å². The number of amides is 1. The summed E-state index contributed by atoms with van der Waals surface area (Å²) in [5.74, 6) is 0.934. The van der Waals surface area contributed by atoms with Crippen LogP contribution in [0.1, 0.15) is 36.0 Å². The zero-order valence-electron chi connectivity index (χ0n) is 16.2. The standard InChI is InChI=1S/C23H26N4O/c1-16-10-19(15-27(14-16)22(28)11-17-4-2-8-25-13-17)20-7-6-18(12-24)23-21(20)5-3-9-26-23/h2-9,13,16,19H,10-12,14-15,24H2,1H3/t16?,19-/m1/s1. The zero-order chi connectivity index (χ0) is 19.5. The maximum absolute atomic E-state index is 12.9. The predicted molar refractivity (Wildman–Crippen MR) is 111 cm³/mol. The van der Waals surface area contributed by atoms with Crippen molar-refractivity contribution in [2.75, 3.05) is 13.1 Å². The molecule has 4 rings (SSSR count). The Morgan fingerprint density at radius 2 is 2.04 bits per heavy atom. The maximum Gasteiger partial charge on any atom is 0.227 e. The average molecular weight is 374 g/mol. The molecule has 1 aromatic carbocycles. The molecule has 1 saturated heterocycles. The van der Waals surface area contributed by atoms with Gasteiger partial charge in [0.15, 0.2) is 0 Å². The summed E-state index contributed by atoms with van der Waals surface area (Å²) in [4.78, 5) is 23.6. The number of benzene rings is 1. The molecule has 1 unspecified atom stereocenters. The van der Waals surface area contributed by atoms with Crippen LogP contribution in [0.3, 0.4) is 0 Å². The number of nitrogens with two attached hydrogens (primary N) is 1. The molecular weight excluding hydrogens is 348 g/mol. The lowest BCUT2D eigenvalue weighted by atomic mass is 9.83. The SMILES string of the molecule is CC1C[C@@H](c2ccc(CN)c3ncccc23)CN(C(=O)Cc2cccnc2)C1. The summed E-state index contributed by atoms with van der Waals surface area (Å²) in [6, 6.07) is 12.2. The van der Waals surface area contributed by atoms with Gasteiger partial charge in [0.25, 0.3) is 0 Å². The molecule has 0 aliphatic carbocycles.